The highest BCUT2D eigenvalue weighted by molar-refractivity contribution is 9.10. The molecule has 5 heteroatoms. The molecule has 2 N–H and O–H groups in total. The van der Waals surface area contributed by atoms with Gasteiger partial charge in [-0.3, -0.25) is 4.79 Å². The van der Waals surface area contributed by atoms with E-state index in [-0.39, 0.29) is 5.91 Å². The second kappa shape index (κ2) is 7.82. The number of aryl methyl sites for hydroxylation is 1. The molecular formula is C23H18BrN3O. The Morgan fingerprint density at radius 3 is 2.57 bits per heavy atom. The number of hydrogen-bond donors (Lipinski definition) is 2. The van der Waals surface area contributed by atoms with Crippen molar-refractivity contribution in [3.63, 3.8) is 0 Å². The predicted octanol–water partition coefficient (Wildman–Crippen LogP) is 5.56. The van der Waals surface area contributed by atoms with Gasteiger partial charge in [0.05, 0.1) is 16.7 Å². The number of nitrogens with zero attached hydrogens (tertiary/aromatic N) is 1. The van der Waals surface area contributed by atoms with E-state index in [2.05, 4.69) is 31.2 Å². The fourth-order valence-corrected chi connectivity index (χ4v) is 3.32. The third kappa shape index (κ3) is 4.05. The molecule has 0 bridgehead atoms. The zero-order chi connectivity index (χ0) is 19.5. The molecule has 0 spiro atoms. The zero-order valence-corrected chi connectivity index (χ0v) is 16.8. The van der Waals surface area contributed by atoms with Gasteiger partial charge in [0, 0.05) is 10.0 Å². The molecule has 0 aliphatic carbocycles. The molecule has 138 valence electrons. The number of aromatic nitrogens is 2. The van der Waals surface area contributed by atoms with Crippen LogP contribution in [0.15, 0.2) is 77.3 Å². The first-order valence-corrected chi connectivity index (χ1v) is 9.68. The summed E-state index contributed by atoms with van der Waals surface area (Å²) < 4.78 is 0.968. The molecule has 0 fully saturated rings. The summed E-state index contributed by atoms with van der Waals surface area (Å²) in [5.41, 5.74) is 5.04. The maximum Gasteiger partial charge on any atom is 0.255 e. The van der Waals surface area contributed by atoms with Crippen LogP contribution in [0.5, 0.6) is 0 Å². The highest BCUT2D eigenvalue weighted by Gasteiger charge is 2.13. The summed E-state index contributed by atoms with van der Waals surface area (Å²) in [7, 11) is 0. The Kier molecular flexibility index (Phi) is 5.08. The number of aromatic amines is 1. The van der Waals surface area contributed by atoms with Crippen molar-refractivity contribution in [2.24, 2.45) is 0 Å². The molecule has 0 saturated heterocycles. The van der Waals surface area contributed by atoms with Gasteiger partial charge in [0.15, 0.2) is 5.82 Å². The Morgan fingerprint density at radius 2 is 1.82 bits per heavy atom. The van der Waals surface area contributed by atoms with Crippen LogP contribution in [0.4, 0.5) is 0 Å². The molecule has 1 amide bonds. The lowest BCUT2D eigenvalue weighted by atomic mass is 10.1. The molecule has 4 rings (SSSR count). The number of fused-ring (bicyclic) bond motifs is 1. The number of H-pyrrole nitrogens is 1. The summed E-state index contributed by atoms with van der Waals surface area (Å²) in [6.45, 7) is 1.99. The van der Waals surface area contributed by atoms with Gasteiger partial charge in [-0.25, -0.2) is 4.98 Å². The highest BCUT2D eigenvalue weighted by atomic mass is 79.9. The van der Waals surface area contributed by atoms with E-state index >= 15 is 0 Å². The Labute approximate surface area is 171 Å². The van der Waals surface area contributed by atoms with Gasteiger partial charge < -0.3 is 10.3 Å². The number of amides is 1. The van der Waals surface area contributed by atoms with Gasteiger partial charge in [0.1, 0.15) is 0 Å². The van der Waals surface area contributed by atoms with Crippen LogP contribution in [-0.4, -0.2) is 15.9 Å². The summed E-state index contributed by atoms with van der Waals surface area (Å²) in [6, 6.07) is 23.2. The lowest BCUT2D eigenvalue weighted by Crippen LogP contribution is -2.22. The van der Waals surface area contributed by atoms with Crippen molar-refractivity contribution >= 4 is 44.6 Å². The van der Waals surface area contributed by atoms with Crippen molar-refractivity contribution in [3.05, 3.63) is 99.8 Å². The molecule has 0 aliphatic rings. The normalized spacial score (nSPS) is 11.6. The van der Waals surface area contributed by atoms with Crippen molar-refractivity contribution in [3.8, 4) is 0 Å². The van der Waals surface area contributed by atoms with Crippen molar-refractivity contribution in [1.82, 2.24) is 15.3 Å². The monoisotopic (exact) mass is 431 g/mol. The number of benzene rings is 3. The van der Waals surface area contributed by atoms with E-state index in [1.807, 2.05) is 85.8 Å². The van der Waals surface area contributed by atoms with Crippen molar-refractivity contribution in [1.29, 1.82) is 0 Å². The second-order valence-electron chi connectivity index (χ2n) is 6.54. The quantitative estimate of drug-likeness (QED) is 0.444. The van der Waals surface area contributed by atoms with Crippen LogP contribution < -0.4 is 5.32 Å². The number of imidazole rings is 1. The molecule has 28 heavy (non-hydrogen) atoms. The summed E-state index contributed by atoms with van der Waals surface area (Å²) in [5.74, 6) is 0.434. The summed E-state index contributed by atoms with van der Waals surface area (Å²) in [5, 5.41) is 3.01. The molecule has 3 aromatic carbocycles. The van der Waals surface area contributed by atoms with Crippen molar-refractivity contribution < 1.29 is 4.79 Å². The number of carbonyl (C=O) groups excluding carboxylic acids is 1. The number of rotatable bonds is 4. The molecule has 4 nitrogen and oxygen atoms in total. The number of nitrogens with one attached hydrogen (secondary N) is 2. The molecule has 0 aliphatic heterocycles. The summed E-state index contributed by atoms with van der Waals surface area (Å²) in [6.07, 6.45) is 1.91. The van der Waals surface area contributed by atoms with Gasteiger partial charge in [-0.2, -0.15) is 0 Å². The lowest BCUT2D eigenvalue weighted by Gasteiger charge is -2.09. The Bertz CT molecular complexity index is 1140. The van der Waals surface area contributed by atoms with Crippen LogP contribution in [0, 0.1) is 6.92 Å². The van der Waals surface area contributed by atoms with E-state index in [0.29, 0.717) is 17.1 Å². The van der Waals surface area contributed by atoms with E-state index in [9.17, 15) is 4.79 Å². The first kappa shape index (κ1) is 18.2. The first-order chi connectivity index (χ1) is 13.6. The van der Waals surface area contributed by atoms with Gasteiger partial charge in [0.2, 0.25) is 0 Å². The predicted molar refractivity (Wildman–Crippen MR) is 117 cm³/mol. The maximum absolute atomic E-state index is 12.8. The molecule has 0 saturated carbocycles. The lowest BCUT2D eigenvalue weighted by molar-refractivity contribution is 0.0973. The molecule has 0 unspecified atom stereocenters. The minimum absolute atomic E-state index is 0.179. The average Bonchev–Trinajstić information content (AvgIpc) is 3.12. The summed E-state index contributed by atoms with van der Waals surface area (Å²) >= 11 is 3.49. The Morgan fingerprint density at radius 1 is 1.04 bits per heavy atom. The molecule has 0 radical (unpaired) electrons. The second-order valence-corrected chi connectivity index (χ2v) is 7.45. The number of carbonyl (C=O) groups is 1. The van der Waals surface area contributed by atoms with Gasteiger partial charge in [-0.15, -0.1) is 0 Å². The Hall–Kier alpha value is -3.18. The third-order valence-corrected chi connectivity index (χ3v) is 4.86. The molecule has 1 heterocycles. The van der Waals surface area contributed by atoms with E-state index in [4.69, 9.17) is 0 Å². The smallest absolute Gasteiger partial charge is 0.255 e. The van der Waals surface area contributed by atoms with Crippen molar-refractivity contribution in [2.75, 3.05) is 0 Å². The SMILES string of the molecule is Cc1ccc(C(=O)N/C(=C\c2cccc(Br)c2)c2nc3ccccc3[nH]2)cc1. The standard InChI is InChI=1S/C23H18BrN3O/c1-15-9-11-17(12-10-15)23(28)27-21(14-16-5-4-6-18(24)13-16)22-25-19-7-2-3-8-20(19)26-22/h2-14H,1H3,(H,25,26)(H,27,28)/b21-14-. The van der Waals surface area contributed by atoms with E-state index < -0.39 is 0 Å². The fraction of sp³-hybridized carbons (Fsp3) is 0.0435. The van der Waals surface area contributed by atoms with Crippen LogP contribution in [0.2, 0.25) is 0 Å². The number of halogens is 1. The highest BCUT2D eigenvalue weighted by Crippen LogP contribution is 2.20. The van der Waals surface area contributed by atoms with E-state index in [1.165, 1.54) is 0 Å². The fourth-order valence-electron chi connectivity index (χ4n) is 2.91. The molecule has 4 aromatic rings. The average molecular weight is 432 g/mol. The van der Waals surface area contributed by atoms with Gasteiger partial charge >= 0.3 is 0 Å². The van der Waals surface area contributed by atoms with Crippen LogP contribution in [0.25, 0.3) is 22.8 Å². The minimum Gasteiger partial charge on any atom is -0.337 e. The number of hydrogen-bond acceptors (Lipinski definition) is 2. The Balaban J connectivity index is 1.74. The zero-order valence-electron chi connectivity index (χ0n) is 15.2. The van der Waals surface area contributed by atoms with Crippen LogP contribution in [0.1, 0.15) is 27.3 Å². The molecule has 1 aromatic heterocycles. The molecule has 0 atom stereocenters. The first-order valence-electron chi connectivity index (χ1n) is 8.89. The topological polar surface area (TPSA) is 57.8 Å². The maximum atomic E-state index is 12.8. The van der Waals surface area contributed by atoms with Crippen molar-refractivity contribution in [2.45, 2.75) is 6.92 Å². The molecular weight excluding hydrogens is 414 g/mol. The van der Waals surface area contributed by atoms with Crippen LogP contribution >= 0.6 is 15.9 Å². The largest absolute Gasteiger partial charge is 0.337 e. The van der Waals surface area contributed by atoms with E-state index in [0.717, 1.165) is 26.6 Å². The minimum atomic E-state index is -0.179. The van der Waals surface area contributed by atoms with Gasteiger partial charge in [0.25, 0.3) is 5.91 Å². The number of para-hydroxylation sites is 2. The van der Waals surface area contributed by atoms with Gasteiger partial charge in [-0.05, 0) is 55.0 Å². The summed E-state index contributed by atoms with van der Waals surface area (Å²) in [4.78, 5) is 20.7. The van der Waals surface area contributed by atoms with Crippen LogP contribution in [-0.2, 0) is 0 Å². The van der Waals surface area contributed by atoms with Gasteiger partial charge in [-0.1, -0.05) is 57.9 Å². The van der Waals surface area contributed by atoms with E-state index in [1.54, 1.807) is 0 Å². The van der Waals surface area contributed by atoms with Crippen LogP contribution in [0.3, 0.4) is 0 Å². The third-order valence-electron chi connectivity index (χ3n) is 4.37.